The van der Waals surface area contributed by atoms with Crippen LogP contribution in [0.15, 0.2) is 24.3 Å². The molecular weight excluding hydrogens is 282 g/mol. The zero-order chi connectivity index (χ0) is 17.0. The monoisotopic (exact) mass is 319 g/mol. The molecule has 0 aliphatic heterocycles. The molecule has 0 saturated carbocycles. The maximum atomic E-state index is 11.9. The van der Waals surface area contributed by atoms with Crippen molar-refractivity contribution < 1.29 is 4.65 Å². The van der Waals surface area contributed by atoms with Gasteiger partial charge in [-0.3, -0.25) is 0 Å². The van der Waals surface area contributed by atoms with Gasteiger partial charge in [0.2, 0.25) is 0 Å². The highest BCUT2D eigenvalue weighted by molar-refractivity contribution is 5.26. The van der Waals surface area contributed by atoms with E-state index in [0.717, 1.165) is 6.42 Å². The normalized spacial score (nSPS) is 11.8. The summed E-state index contributed by atoms with van der Waals surface area (Å²) in [7, 11) is 3.44. The summed E-state index contributed by atoms with van der Waals surface area (Å²) in [5.74, 6) is 0. The summed E-state index contributed by atoms with van der Waals surface area (Å²) in [4.78, 5) is 0. The van der Waals surface area contributed by atoms with E-state index in [1.54, 1.807) is 14.1 Å². The zero-order valence-corrected chi connectivity index (χ0v) is 15.7. The minimum atomic E-state index is -0.241. The second-order valence-corrected chi connectivity index (χ2v) is 7.43. The van der Waals surface area contributed by atoms with Crippen LogP contribution in [0, 0.1) is 5.21 Å². The van der Waals surface area contributed by atoms with E-state index in [-0.39, 0.29) is 4.65 Å². The fourth-order valence-corrected chi connectivity index (χ4v) is 3.17. The van der Waals surface area contributed by atoms with Crippen molar-refractivity contribution in [3.8, 4) is 0 Å². The summed E-state index contributed by atoms with van der Waals surface area (Å²) in [5, 5.41) is 11.9. The number of nitrogens with zero attached hydrogens (tertiary/aromatic N) is 1. The largest absolute Gasteiger partial charge is 0.633 e. The van der Waals surface area contributed by atoms with Crippen LogP contribution >= 0.6 is 0 Å². The predicted molar refractivity (Wildman–Crippen MR) is 101 cm³/mol. The number of aryl methyl sites for hydroxylation is 1. The Morgan fingerprint density at radius 3 is 1.74 bits per heavy atom. The molecule has 0 aliphatic carbocycles. The molecule has 0 N–H and O–H groups in total. The van der Waals surface area contributed by atoms with Crippen molar-refractivity contribution in [3.05, 3.63) is 40.6 Å². The van der Waals surface area contributed by atoms with Gasteiger partial charge in [0.05, 0.1) is 14.1 Å². The first-order valence-corrected chi connectivity index (χ1v) is 9.63. The van der Waals surface area contributed by atoms with Crippen LogP contribution in [0.1, 0.15) is 82.3 Å². The predicted octanol–water partition coefficient (Wildman–Crippen LogP) is 6.22. The Kier molecular flexibility index (Phi) is 10.2. The lowest BCUT2D eigenvalue weighted by Crippen LogP contribution is -2.31. The van der Waals surface area contributed by atoms with Crippen molar-refractivity contribution in [2.45, 2.75) is 84.1 Å². The Morgan fingerprint density at radius 1 is 0.739 bits per heavy atom. The number of unbranched alkanes of at least 4 members (excludes halogenated alkanes) is 9. The van der Waals surface area contributed by atoms with Gasteiger partial charge in [-0.1, -0.05) is 89.0 Å². The lowest BCUT2D eigenvalue weighted by Gasteiger charge is -2.34. The van der Waals surface area contributed by atoms with Crippen LogP contribution in [-0.4, -0.2) is 18.7 Å². The van der Waals surface area contributed by atoms with Crippen molar-refractivity contribution in [2.24, 2.45) is 0 Å². The molecule has 1 rings (SSSR count). The molecular formula is C21H37NO. The van der Waals surface area contributed by atoms with E-state index >= 15 is 0 Å². The Balaban J connectivity index is 2.14. The molecule has 0 atom stereocenters. The zero-order valence-electron chi connectivity index (χ0n) is 15.7. The summed E-state index contributed by atoms with van der Waals surface area (Å²) in [5.41, 5.74) is 2.59. The molecule has 0 aliphatic rings. The first-order valence-electron chi connectivity index (χ1n) is 9.63. The smallest absolute Gasteiger partial charge is 0.104 e. The standard InChI is InChI=1S/C21H37NO/c1-4-5-6-7-8-9-10-11-12-13-16-20-17-14-15-18-21(20)19-22(2,3)23/h14-15,17-18H,4-13,16,19H2,1-3H3. The Hall–Kier alpha value is -0.860. The van der Waals surface area contributed by atoms with Gasteiger partial charge in [-0.25, -0.2) is 0 Å². The van der Waals surface area contributed by atoms with E-state index in [0.29, 0.717) is 6.54 Å². The van der Waals surface area contributed by atoms with Gasteiger partial charge in [0, 0.05) is 5.56 Å². The van der Waals surface area contributed by atoms with Gasteiger partial charge in [0.15, 0.2) is 0 Å². The molecule has 0 heterocycles. The van der Waals surface area contributed by atoms with E-state index in [9.17, 15) is 5.21 Å². The minimum absolute atomic E-state index is 0.241. The van der Waals surface area contributed by atoms with Gasteiger partial charge in [0.25, 0.3) is 0 Å². The summed E-state index contributed by atoms with van der Waals surface area (Å²) in [6.07, 6.45) is 14.8. The fourth-order valence-electron chi connectivity index (χ4n) is 3.17. The summed E-state index contributed by atoms with van der Waals surface area (Å²) in [6.45, 7) is 2.85. The highest BCUT2D eigenvalue weighted by atomic mass is 16.5. The van der Waals surface area contributed by atoms with Crippen LogP contribution < -0.4 is 0 Å². The molecule has 0 spiro atoms. The van der Waals surface area contributed by atoms with E-state index in [1.165, 1.54) is 75.3 Å². The van der Waals surface area contributed by atoms with Crippen LogP contribution in [0.3, 0.4) is 0 Å². The Bertz CT molecular complexity index is 409. The van der Waals surface area contributed by atoms with Crippen molar-refractivity contribution in [2.75, 3.05) is 14.1 Å². The molecule has 0 aromatic heterocycles. The number of benzene rings is 1. The number of hydrogen-bond acceptors (Lipinski definition) is 1. The molecule has 0 saturated heterocycles. The molecule has 2 nitrogen and oxygen atoms in total. The third-order valence-electron chi connectivity index (χ3n) is 4.47. The maximum Gasteiger partial charge on any atom is 0.104 e. The molecule has 0 radical (unpaired) electrons. The van der Waals surface area contributed by atoms with Gasteiger partial charge in [-0.15, -0.1) is 0 Å². The molecule has 132 valence electrons. The SMILES string of the molecule is CCCCCCCCCCCCc1ccccc1C[N+](C)(C)[O-]. The quantitative estimate of drug-likeness (QED) is 0.240. The van der Waals surface area contributed by atoms with Crippen LogP contribution in [0.5, 0.6) is 0 Å². The summed E-state index contributed by atoms with van der Waals surface area (Å²) < 4.78 is -0.241. The van der Waals surface area contributed by atoms with Crippen molar-refractivity contribution in [1.29, 1.82) is 0 Å². The van der Waals surface area contributed by atoms with Gasteiger partial charge in [-0.05, 0) is 18.4 Å². The van der Waals surface area contributed by atoms with Gasteiger partial charge in [-0.2, -0.15) is 0 Å². The van der Waals surface area contributed by atoms with E-state index in [2.05, 4.69) is 25.1 Å². The van der Waals surface area contributed by atoms with Crippen LogP contribution in [-0.2, 0) is 13.0 Å². The third kappa shape index (κ3) is 10.5. The molecule has 23 heavy (non-hydrogen) atoms. The summed E-state index contributed by atoms with van der Waals surface area (Å²) in [6, 6.07) is 8.45. The fraction of sp³-hybridized carbons (Fsp3) is 0.714. The minimum Gasteiger partial charge on any atom is -0.633 e. The Morgan fingerprint density at radius 2 is 1.22 bits per heavy atom. The number of rotatable bonds is 13. The molecule has 2 heteroatoms. The van der Waals surface area contributed by atoms with Crippen LogP contribution in [0.4, 0.5) is 0 Å². The second kappa shape index (κ2) is 11.6. The summed E-state index contributed by atoms with van der Waals surface area (Å²) >= 11 is 0. The lowest BCUT2D eigenvalue weighted by atomic mass is 10.00. The molecule has 1 aromatic rings. The van der Waals surface area contributed by atoms with Crippen molar-refractivity contribution in [3.63, 3.8) is 0 Å². The lowest BCUT2D eigenvalue weighted by molar-refractivity contribution is -0.853. The number of quaternary nitrogens is 1. The molecule has 0 fully saturated rings. The average molecular weight is 320 g/mol. The molecule has 0 bridgehead atoms. The third-order valence-corrected chi connectivity index (χ3v) is 4.47. The second-order valence-electron chi connectivity index (χ2n) is 7.43. The average Bonchev–Trinajstić information content (AvgIpc) is 2.49. The topological polar surface area (TPSA) is 23.1 Å². The highest BCUT2D eigenvalue weighted by Gasteiger charge is 2.08. The maximum absolute atomic E-state index is 11.9. The van der Waals surface area contributed by atoms with Gasteiger partial charge in [0.1, 0.15) is 6.54 Å². The van der Waals surface area contributed by atoms with Crippen molar-refractivity contribution >= 4 is 0 Å². The molecule has 1 aromatic carbocycles. The van der Waals surface area contributed by atoms with Gasteiger partial charge >= 0.3 is 0 Å². The molecule has 0 unspecified atom stereocenters. The molecule has 0 amide bonds. The van der Waals surface area contributed by atoms with E-state index < -0.39 is 0 Å². The first-order chi connectivity index (χ1) is 11.0. The van der Waals surface area contributed by atoms with Crippen LogP contribution in [0.2, 0.25) is 0 Å². The van der Waals surface area contributed by atoms with Crippen LogP contribution in [0.25, 0.3) is 0 Å². The van der Waals surface area contributed by atoms with E-state index in [4.69, 9.17) is 0 Å². The Labute approximate surface area is 144 Å². The van der Waals surface area contributed by atoms with Crippen molar-refractivity contribution in [1.82, 2.24) is 0 Å². The number of hydroxylamine groups is 3. The number of hydrogen-bond donors (Lipinski definition) is 0. The van der Waals surface area contributed by atoms with E-state index in [1.807, 2.05) is 6.07 Å². The first kappa shape index (κ1) is 20.2. The highest BCUT2D eigenvalue weighted by Crippen LogP contribution is 2.17. The van der Waals surface area contributed by atoms with Gasteiger partial charge < -0.3 is 9.85 Å².